The van der Waals surface area contributed by atoms with E-state index in [4.69, 9.17) is 0 Å². The molecule has 3 aromatic heterocycles. The van der Waals surface area contributed by atoms with Crippen LogP contribution in [-0.4, -0.2) is 37.3 Å². The highest BCUT2D eigenvalue weighted by Crippen LogP contribution is 2.27. The number of halogens is 2. The Balaban J connectivity index is 1.72. The lowest BCUT2D eigenvalue weighted by atomic mass is 9.89. The number of nitrogens with zero attached hydrogens (tertiary/aromatic N) is 3. The summed E-state index contributed by atoms with van der Waals surface area (Å²) >= 11 is 1.34. The number of aromatic nitrogens is 3. The summed E-state index contributed by atoms with van der Waals surface area (Å²) in [6, 6.07) is 3.03. The maximum absolute atomic E-state index is 13.5. The molecule has 4 rings (SSSR count). The van der Waals surface area contributed by atoms with Crippen molar-refractivity contribution in [3.63, 3.8) is 0 Å². The van der Waals surface area contributed by atoms with Crippen molar-refractivity contribution in [3.8, 4) is 0 Å². The average Bonchev–Trinajstić information content (AvgIpc) is 3.09. The van der Waals surface area contributed by atoms with Gasteiger partial charge in [0.05, 0.1) is 16.3 Å². The number of fused-ring (bicyclic) bond motifs is 3. The van der Waals surface area contributed by atoms with Crippen LogP contribution in [0.2, 0.25) is 0 Å². The van der Waals surface area contributed by atoms with Crippen molar-refractivity contribution in [2.24, 2.45) is 0 Å². The number of thiophene rings is 1. The van der Waals surface area contributed by atoms with Gasteiger partial charge in [-0.25, -0.2) is 13.5 Å². The Bertz CT molecular complexity index is 1020. The van der Waals surface area contributed by atoms with Gasteiger partial charge < -0.3 is 10.4 Å². The fraction of sp³-hybridized carbons (Fsp3) is 0.400. The summed E-state index contributed by atoms with van der Waals surface area (Å²) in [7, 11) is 0. The molecule has 3 aromatic rings. The zero-order valence-electron chi connectivity index (χ0n) is 12.9. The van der Waals surface area contributed by atoms with Crippen LogP contribution in [0.1, 0.15) is 25.1 Å². The second-order valence-corrected chi connectivity index (χ2v) is 6.99. The molecule has 0 unspecified atom stereocenters. The number of rotatable bonds is 4. The van der Waals surface area contributed by atoms with Crippen LogP contribution < -0.4 is 10.9 Å². The lowest BCUT2D eigenvalue weighted by molar-refractivity contribution is -0.124. The number of nitrogens with one attached hydrogen (secondary N) is 1. The molecular weight excluding hydrogens is 354 g/mol. The minimum atomic E-state index is -2.89. The topological polar surface area (TPSA) is 88.6 Å². The molecule has 0 atom stereocenters. The van der Waals surface area contributed by atoms with Gasteiger partial charge in [-0.05, 0) is 30.4 Å². The lowest BCUT2D eigenvalue weighted by Gasteiger charge is -2.31. The van der Waals surface area contributed by atoms with E-state index in [1.807, 2.05) is 0 Å². The Morgan fingerprint density at radius 1 is 1.44 bits per heavy atom. The van der Waals surface area contributed by atoms with Gasteiger partial charge in [0.2, 0.25) is 11.7 Å². The molecule has 1 amide bonds. The fourth-order valence-corrected chi connectivity index (χ4v) is 3.84. The quantitative estimate of drug-likeness (QED) is 0.726. The molecule has 25 heavy (non-hydrogen) atoms. The van der Waals surface area contributed by atoms with Crippen LogP contribution in [0.3, 0.4) is 0 Å². The molecule has 1 aliphatic rings. The van der Waals surface area contributed by atoms with Crippen molar-refractivity contribution in [2.75, 3.05) is 0 Å². The molecule has 1 fully saturated rings. The van der Waals surface area contributed by atoms with Gasteiger partial charge in [-0.1, -0.05) is 0 Å². The van der Waals surface area contributed by atoms with Gasteiger partial charge in [0, 0.05) is 6.04 Å². The third-order valence-corrected chi connectivity index (χ3v) is 5.15. The summed E-state index contributed by atoms with van der Waals surface area (Å²) in [6.07, 6.45) is -2.43. The van der Waals surface area contributed by atoms with E-state index in [0.29, 0.717) is 23.1 Å². The van der Waals surface area contributed by atoms with Gasteiger partial charge in [0.25, 0.3) is 12.0 Å². The van der Waals surface area contributed by atoms with E-state index in [2.05, 4.69) is 10.4 Å². The molecule has 3 heterocycles. The molecule has 7 nitrogen and oxygen atoms in total. The summed E-state index contributed by atoms with van der Waals surface area (Å²) in [6.45, 7) is -0.444. The Morgan fingerprint density at radius 2 is 2.20 bits per heavy atom. The highest BCUT2D eigenvalue weighted by atomic mass is 32.1. The second-order valence-electron chi connectivity index (χ2n) is 6.05. The minimum Gasteiger partial charge on any atom is -0.393 e. The molecule has 2 N–H and O–H groups in total. The maximum atomic E-state index is 13.5. The van der Waals surface area contributed by atoms with Crippen molar-refractivity contribution in [1.82, 2.24) is 19.5 Å². The third kappa shape index (κ3) is 2.71. The van der Waals surface area contributed by atoms with Crippen LogP contribution in [0.5, 0.6) is 0 Å². The monoisotopic (exact) mass is 368 g/mol. The zero-order valence-corrected chi connectivity index (χ0v) is 13.7. The Hall–Kier alpha value is -2.33. The standard InChI is InChI=1S/C15H14F2N4O3S/c16-13(17)14-19-20(6-12(23)18-7-3-8(22)4-7)15(24)10-5-11-9(21(10)14)1-2-25-11/h1-2,5,7-8,13,22H,3-4,6H2,(H,18,23). The van der Waals surface area contributed by atoms with E-state index in [1.54, 1.807) is 11.4 Å². The first-order chi connectivity index (χ1) is 11.9. The van der Waals surface area contributed by atoms with E-state index in [9.17, 15) is 23.5 Å². The van der Waals surface area contributed by atoms with Crippen LogP contribution in [0.25, 0.3) is 15.7 Å². The molecule has 0 radical (unpaired) electrons. The first-order valence-electron chi connectivity index (χ1n) is 7.69. The highest BCUT2D eigenvalue weighted by Gasteiger charge is 2.29. The molecule has 132 valence electrons. The number of aliphatic hydroxyl groups excluding tert-OH is 1. The number of hydrogen-bond acceptors (Lipinski definition) is 5. The second kappa shape index (κ2) is 5.88. The van der Waals surface area contributed by atoms with E-state index < -0.39 is 36.4 Å². The number of alkyl halides is 2. The van der Waals surface area contributed by atoms with Crippen molar-refractivity contribution in [1.29, 1.82) is 0 Å². The van der Waals surface area contributed by atoms with E-state index in [-0.39, 0.29) is 11.6 Å². The molecule has 0 aromatic carbocycles. The smallest absolute Gasteiger partial charge is 0.297 e. The van der Waals surface area contributed by atoms with Gasteiger partial charge in [-0.15, -0.1) is 16.4 Å². The molecule has 0 saturated heterocycles. The highest BCUT2D eigenvalue weighted by molar-refractivity contribution is 7.17. The summed E-state index contributed by atoms with van der Waals surface area (Å²) in [5.41, 5.74) is -0.0319. The SMILES string of the molecule is O=C(Cn1nc(C(F)F)n2c(cc3sccc32)c1=O)NC1CC(O)C1. The van der Waals surface area contributed by atoms with E-state index >= 15 is 0 Å². The first kappa shape index (κ1) is 16.2. The minimum absolute atomic E-state index is 0.0685. The normalized spacial score (nSPS) is 20.3. The third-order valence-electron chi connectivity index (χ3n) is 4.30. The molecule has 10 heteroatoms. The van der Waals surface area contributed by atoms with Gasteiger partial charge in [0.1, 0.15) is 12.1 Å². The number of carbonyl (C=O) groups excluding carboxylic acids is 1. The summed E-state index contributed by atoms with van der Waals surface area (Å²) in [5, 5.41) is 17.3. The average molecular weight is 368 g/mol. The van der Waals surface area contributed by atoms with Crippen LogP contribution in [0.15, 0.2) is 22.3 Å². The van der Waals surface area contributed by atoms with Gasteiger partial charge in [-0.2, -0.15) is 0 Å². The predicted octanol–water partition coefficient (Wildman–Crippen LogP) is 1.29. The molecular formula is C15H14F2N4O3S. The molecule has 1 saturated carbocycles. The van der Waals surface area contributed by atoms with Crippen molar-refractivity contribution in [3.05, 3.63) is 33.7 Å². The van der Waals surface area contributed by atoms with Gasteiger partial charge in [-0.3, -0.25) is 14.0 Å². The van der Waals surface area contributed by atoms with Crippen molar-refractivity contribution in [2.45, 2.75) is 38.0 Å². The Labute approximate surface area is 143 Å². The van der Waals surface area contributed by atoms with Gasteiger partial charge in [0.15, 0.2) is 0 Å². The summed E-state index contributed by atoms with van der Waals surface area (Å²) in [4.78, 5) is 24.6. The summed E-state index contributed by atoms with van der Waals surface area (Å²) in [5.74, 6) is -1.07. The summed E-state index contributed by atoms with van der Waals surface area (Å²) < 4.78 is 29.5. The number of carbonyl (C=O) groups is 1. The van der Waals surface area contributed by atoms with Crippen LogP contribution in [-0.2, 0) is 11.3 Å². The largest absolute Gasteiger partial charge is 0.393 e. The first-order valence-corrected chi connectivity index (χ1v) is 8.57. The predicted molar refractivity (Wildman–Crippen MR) is 87.0 cm³/mol. The molecule has 0 spiro atoms. The fourth-order valence-electron chi connectivity index (χ4n) is 3.04. The van der Waals surface area contributed by atoms with Crippen molar-refractivity contribution < 1.29 is 18.7 Å². The molecule has 0 bridgehead atoms. The lowest BCUT2D eigenvalue weighted by Crippen LogP contribution is -2.48. The van der Waals surface area contributed by atoms with E-state index in [1.165, 1.54) is 17.4 Å². The number of hydrogen-bond donors (Lipinski definition) is 2. The van der Waals surface area contributed by atoms with Gasteiger partial charge >= 0.3 is 0 Å². The number of aliphatic hydroxyl groups is 1. The Morgan fingerprint density at radius 3 is 2.88 bits per heavy atom. The number of amides is 1. The maximum Gasteiger partial charge on any atom is 0.297 e. The van der Waals surface area contributed by atoms with E-state index in [0.717, 1.165) is 9.08 Å². The van der Waals surface area contributed by atoms with Crippen molar-refractivity contribution >= 4 is 33.0 Å². The molecule has 0 aliphatic heterocycles. The van der Waals surface area contributed by atoms with Crippen LogP contribution in [0, 0.1) is 0 Å². The molecule has 1 aliphatic carbocycles. The van der Waals surface area contributed by atoms with Crippen LogP contribution in [0.4, 0.5) is 8.78 Å². The van der Waals surface area contributed by atoms with Crippen LogP contribution >= 0.6 is 11.3 Å². The zero-order chi connectivity index (χ0) is 17.7. The Kier molecular flexibility index (Phi) is 3.80.